The van der Waals surface area contributed by atoms with E-state index < -0.39 is 0 Å². The van der Waals surface area contributed by atoms with Gasteiger partial charge in [-0.2, -0.15) is 0 Å². The predicted molar refractivity (Wildman–Crippen MR) is 71.6 cm³/mol. The summed E-state index contributed by atoms with van der Waals surface area (Å²) in [5, 5.41) is 1.22. The van der Waals surface area contributed by atoms with Crippen molar-refractivity contribution in [2.75, 3.05) is 13.7 Å². The zero-order valence-corrected chi connectivity index (χ0v) is 10.7. The first-order chi connectivity index (χ1) is 8.19. The van der Waals surface area contributed by atoms with Crippen LogP contribution in [0.25, 0.3) is 10.9 Å². The van der Waals surface area contributed by atoms with Crippen LogP contribution in [0.2, 0.25) is 0 Å². The highest BCUT2D eigenvalue weighted by atomic mass is 16.5. The molecule has 0 unspecified atom stereocenters. The number of rotatable bonds is 4. The van der Waals surface area contributed by atoms with Crippen LogP contribution >= 0.6 is 0 Å². The summed E-state index contributed by atoms with van der Waals surface area (Å²) in [6.45, 7) is 5.04. The Kier molecular flexibility index (Phi) is 3.38. The van der Waals surface area contributed by atoms with Crippen LogP contribution in [0.5, 0.6) is 5.75 Å². The van der Waals surface area contributed by atoms with Gasteiger partial charge in [0.15, 0.2) is 0 Å². The molecule has 1 aromatic heterocycles. The molecule has 92 valence electrons. The van der Waals surface area contributed by atoms with Gasteiger partial charge in [0.25, 0.3) is 0 Å². The van der Waals surface area contributed by atoms with Crippen LogP contribution in [0.15, 0.2) is 24.3 Å². The van der Waals surface area contributed by atoms with Crippen molar-refractivity contribution >= 4 is 10.9 Å². The largest absolute Gasteiger partial charge is 0.495 e. The fraction of sp³-hybridized carbons (Fsp3) is 0.429. The molecule has 0 amide bonds. The number of nitrogens with two attached hydrogens (primary N) is 1. The van der Waals surface area contributed by atoms with Gasteiger partial charge in [-0.05, 0) is 38.9 Å². The van der Waals surface area contributed by atoms with Crippen LogP contribution in [0.3, 0.4) is 0 Å². The molecular weight excluding hydrogens is 212 g/mol. The minimum absolute atomic E-state index is 0.408. The summed E-state index contributed by atoms with van der Waals surface area (Å²) in [4.78, 5) is 0. The maximum absolute atomic E-state index is 5.68. The molecule has 0 aliphatic carbocycles. The van der Waals surface area contributed by atoms with Gasteiger partial charge in [-0.25, -0.2) is 0 Å². The quantitative estimate of drug-likeness (QED) is 0.880. The lowest BCUT2D eigenvalue weighted by atomic mass is 10.2. The lowest BCUT2D eigenvalue weighted by Crippen LogP contribution is -2.10. The molecule has 0 aliphatic rings. The topological polar surface area (TPSA) is 40.2 Å². The SMILES string of the molecule is COc1cccc2cc(CCN)n(C(C)C)c12. The number of methoxy groups -OCH3 is 1. The van der Waals surface area contributed by atoms with E-state index in [9.17, 15) is 0 Å². The Hall–Kier alpha value is -1.48. The van der Waals surface area contributed by atoms with Crippen LogP contribution in [-0.4, -0.2) is 18.2 Å². The highest BCUT2D eigenvalue weighted by molar-refractivity contribution is 5.87. The number of hydrogen-bond donors (Lipinski definition) is 1. The van der Waals surface area contributed by atoms with Gasteiger partial charge < -0.3 is 15.0 Å². The first kappa shape index (κ1) is 12.0. The molecule has 2 aromatic rings. The van der Waals surface area contributed by atoms with Crippen LogP contribution in [0.4, 0.5) is 0 Å². The molecular formula is C14H20N2O. The lowest BCUT2D eigenvalue weighted by molar-refractivity contribution is 0.415. The predicted octanol–water partition coefficient (Wildman–Crippen LogP) is 2.73. The summed E-state index contributed by atoms with van der Waals surface area (Å²) in [5.74, 6) is 0.930. The van der Waals surface area contributed by atoms with E-state index in [1.165, 1.54) is 16.6 Å². The van der Waals surface area contributed by atoms with Crippen molar-refractivity contribution in [2.45, 2.75) is 26.3 Å². The summed E-state index contributed by atoms with van der Waals surface area (Å²) in [5.41, 5.74) is 8.13. The van der Waals surface area contributed by atoms with E-state index in [4.69, 9.17) is 10.5 Å². The second-order valence-corrected chi connectivity index (χ2v) is 4.54. The summed E-state index contributed by atoms with van der Waals surface area (Å²) < 4.78 is 7.78. The van der Waals surface area contributed by atoms with Crippen LogP contribution in [0, 0.1) is 0 Å². The third-order valence-corrected chi connectivity index (χ3v) is 3.04. The van der Waals surface area contributed by atoms with Crippen LogP contribution in [0.1, 0.15) is 25.6 Å². The van der Waals surface area contributed by atoms with Gasteiger partial charge in [0.2, 0.25) is 0 Å². The number of benzene rings is 1. The summed E-state index contributed by atoms with van der Waals surface area (Å²) >= 11 is 0. The molecule has 1 heterocycles. The van der Waals surface area contributed by atoms with E-state index >= 15 is 0 Å². The van der Waals surface area contributed by atoms with Gasteiger partial charge in [0.05, 0.1) is 12.6 Å². The van der Waals surface area contributed by atoms with E-state index in [1.807, 2.05) is 12.1 Å². The molecule has 17 heavy (non-hydrogen) atoms. The van der Waals surface area contributed by atoms with E-state index in [-0.39, 0.29) is 0 Å². The van der Waals surface area contributed by atoms with Crippen molar-refractivity contribution in [3.05, 3.63) is 30.0 Å². The Labute approximate surface area is 102 Å². The molecule has 2 rings (SSSR count). The Bertz CT molecular complexity index is 514. The molecule has 0 radical (unpaired) electrons. The molecule has 0 fully saturated rings. The molecule has 3 heteroatoms. The van der Waals surface area contributed by atoms with Crippen molar-refractivity contribution in [1.82, 2.24) is 4.57 Å². The monoisotopic (exact) mass is 232 g/mol. The molecule has 0 aliphatic heterocycles. The fourth-order valence-electron chi connectivity index (χ4n) is 2.40. The van der Waals surface area contributed by atoms with E-state index in [0.717, 1.165) is 12.2 Å². The molecule has 2 N–H and O–H groups in total. The number of para-hydroxylation sites is 1. The molecule has 0 atom stereocenters. The number of fused-ring (bicyclic) bond motifs is 1. The standard InChI is InChI=1S/C14H20N2O/c1-10(2)16-12(7-8-15)9-11-5-4-6-13(17-3)14(11)16/h4-6,9-10H,7-8,15H2,1-3H3. The Morgan fingerprint density at radius 1 is 1.35 bits per heavy atom. The second-order valence-electron chi connectivity index (χ2n) is 4.54. The summed E-state index contributed by atoms with van der Waals surface area (Å²) in [7, 11) is 1.72. The minimum Gasteiger partial charge on any atom is -0.495 e. The van der Waals surface area contributed by atoms with Gasteiger partial charge >= 0.3 is 0 Å². The normalized spacial score (nSPS) is 11.4. The number of nitrogens with zero attached hydrogens (tertiary/aromatic N) is 1. The Balaban J connectivity index is 2.72. The third-order valence-electron chi connectivity index (χ3n) is 3.04. The number of hydrogen-bond acceptors (Lipinski definition) is 2. The first-order valence-corrected chi connectivity index (χ1v) is 6.06. The second kappa shape index (κ2) is 4.80. The molecule has 0 spiro atoms. The van der Waals surface area contributed by atoms with Crippen molar-refractivity contribution in [2.24, 2.45) is 5.73 Å². The van der Waals surface area contributed by atoms with Crippen molar-refractivity contribution in [3.63, 3.8) is 0 Å². The fourth-order valence-corrected chi connectivity index (χ4v) is 2.40. The minimum atomic E-state index is 0.408. The molecule has 0 bridgehead atoms. The maximum atomic E-state index is 5.68. The van der Waals surface area contributed by atoms with Gasteiger partial charge in [-0.15, -0.1) is 0 Å². The van der Waals surface area contributed by atoms with E-state index in [1.54, 1.807) is 7.11 Å². The maximum Gasteiger partial charge on any atom is 0.143 e. The summed E-state index contributed by atoms with van der Waals surface area (Å²) in [6, 6.07) is 8.78. The van der Waals surface area contributed by atoms with Gasteiger partial charge in [-0.3, -0.25) is 0 Å². The van der Waals surface area contributed by atoms with Crippen LogP contribution in [-0.2, 0) is 6.42 Å². The van der Waals surface area contributed by atoms with Gasteiger partial charge in [0.1, 0.15) is 5.75 Å². The van der Waals surface area contributed by atoms with Crippen LogP contribution < -0.4 is 10.5 Å². The Morgan fingerprint density at radius 3 is 2.71 bits per heavy atom. The zero-order valence-electron chi connectivity index (χ0n) is 10.7. The van der Waals surface area contributed by atoms with E-state index in [2.05, 4.69) is 30.5 Å². The first-order valence-electron chi connectivity index (χ1n) is 6.06. The van der Waals surface area contributed by atoms with Gasteiger partial charge in [-0.1, -0.05) is 12.1 Å². The lowest BCUT2D eigenvalue weighted by Gasteiger charge is -2.16. The van der Waals surface area contributed by atoms with Crippen molar-refractivity contribution in [3.8, 4) is 5.75 Å². The van der Waals surface area contributed by atoms with Gasteiger partial charge in [0, 0.05) is 17.1 Å². The highest BCUT2D eigenvalue weighted by Crippen LogP contribution is 2.31. The van der Waals surface area contributed by atoms with E-state index in [0.29, 0.717) is 12.6 Å². The number of ether oxygens (including phenoxy) is 1. The third kappa shape index (κ3) is 2.03. The molecule has 3 nitrogen and oxygen atoms in total. The molecule has 1 aromatic carbocycles. The molecule has 0 saturated carbocycles. The smallest absolute Gasteiger partial charge is 0.143 e. The highest BCUT2D eigenvalue weighted by Gasteiger charge is 2.14. The van der Waals surface area contributed by atoms with Crippen molar-refractivity contribution < 1.29 is 4.74 Å². The number of aromatic nitrogens is 1. The Morgan fingerprint density at radius 2 is 2.12 bits per heavy atom. The average Bonchev–Trinajstić information content (AvgIpc) is 2.67. The average molecular weight is 232 g/mol. The van der Waals surface area contributed by atoms with Crippen molar-refractivity contribution in [1.29, 1.82) is 0 Å². The zero-order chi connectivity index (χ0) is 12.4. The molecule has 0 saturated heterocycles. The summed E-state index contributed by atoms with van der Waals surface area (Å²) in [6.07, 6.45) is 0.899.